The van der Waals surface area contributed by atoms with Crippen molar-refractivity contribution in [2.75, 3.05) is 13.2 Å². The minimum absolute atomic E-state index is 0.493. The SMILES string of the molecule is C=COCCCC1CCCCO1. The zero-order valence-corrected chi connectivity index (χ0v) is 7.63. The van der Waals surface area contributed by atoms with Crippen LogP contribution in [0.3, 0.4) is 0 Å². The lowest BCUT2D eigenvalue weighted by Gasteiger charge is -2.22. The van der Waals surface area contributed by atoms with E-state index in [0.29, 0.717) is 6.10 Å². The average Bonchev–Trinajstić information content (AvgIpc) is 2.14. The summed E-state index contributed by atoms with van der Waals surface area (Å²) in [6.07, 6.45) is 8.00. The molecule has 0 N–H and O–H groups in total. The summed E-state index contributed by atoms with van der Waals surface area (Å²) < 4.78 is 10.6. The lowest BCUT2D eigenvalue weighted by Crippen LogP contribution is -2.19. The normalized spacial score (nSPS) is 23.5. The Bertz CT molecular complexity index is 117. The smallest absolute Gasteiger partial charge is 0.0873 e. The van der Waals surface area contributed by atoms with Crippen LogP contribution >= 0.6 is 0 Å². The fourth-order valence-corrected chi connectivity index (χ4v) is 1.51. The minimum Gasteiger partial charge on any atom is -0.502 e. The molecule has 0 aromatic heterocycles. The van der Waals surface area contributed by atoms with Crippen LogP contribution in [-0.2, 0) is 9.47 Å². The molecule has 0 amide bonds. The van der Waals surface area contributed by atoms with Gasteiger partial charge in [0.25, 0.3) is 0 Å². The highest BCUT2D eigenvalue weighted by atomic mass is 16.5. The monoisotopic (exact) mass is 170 g/mol. The Morgan fingerprint density at radius 3 is 3.08 bits per heavy atom. The molecule has 1 heterocycles. The van der Waals surface area contributed by atoms with Crippen LogP contribution in [0.4, 0.5) is 0 Å². The van der Waals surface area contributed by atoms with Gasteiger partial charge in [-0.25, -0.2) is 0 Å². The molecule has 1 rings (SSSR count). The molecule has 0 aliphatic carbocycles. The van der Waals surface area contributed by atoms with Crippen LogP contribution in [0.2, 0.25) is 0 Å². The molecule has 1 fully saturated rings. The summed E-state index contributed by atoms with van der Waals surface area (Å²) in [6.45, 7) is 5.22. The van der Waals surface area contributed by atoms with E-state index in [1.165, 1.54) is 25.5 Å². The Morgan fingerprint density at radius 1 is 1.50 bits per heavy atom. The highest BCUT2D eigenvalue weighted by molar-refractivity contribution is 4.63. The van der Waals surface area contributed by atoms with Gasteiger partial charge in [-0.3, -0.25) is 0 Å². The standard InChI is InChI=1S/C10H18O2/c1-2-11-8-5-7-10-6-3-4-9-12-10/h2,10H,1,3-9H2. The van der Waals surface area contributed by atoms with Crippen molar-refractivity contribution in [1.82, 2.24) is 0 Å². The Morgan fingerprint density at radius 2 is 2.42 bits per heavy atom. The topological polar surface area (TPSA) is 18.5 Å². The van der Waals surface area contributed by atoms with Crippen LogP contribution in [0.5, 0.6) is 0 Å². The molecule has 1 aliphatic rings. The van der Waals surface area contributed by atoms with Crippen molar-refractivity contribution in [2.45, 2.75) is 38.2 Å². The molecule has 70 valence electrons. The fraction of sp³-hybridized carbons (Fsp3) is 0.800. The van der Waals surface area contributed by atoms with Crippen LogP contribution in [0.25, 0.3) is 0 Å². The van der Waals surface area contributed by atoms with Crippen molar-refractivity contribution >= 4 is 0 Å². The van der Waals surface area contributed by atoms with Crippen molar-refractivity contribution in [3.05, 3.63) is 12.8 Å². The number of rotatable bonds is 5. The van der Waals surface area contributed by atoms with E-state index in [1.54, 1.807) is 0 Å². The van der Waals surface area contributed by atoms with Gasteiger partial charge in [-0.2, -0.15) is 0 Å². The zero-order valence-electron chi connectivity index (χ0n) is 7.63. The molecule has 0 spiro atoms. The zero-order chi connectivity index (χ0) is 8.65. The molecule has 12 heavy (non-hydrogen) atoms. The molecule has 0 aromatic carbocycles. The van der Waals surface area contributed by atoms with Crippen molar-refractivity contribution in [1.29, 1.82) is 0 Å². The third-order valence-electron chi connectivity index (χ3n) is 2.18. The quantitative estimate of drug-likeness (QED) is 0.466. The molecular formula is C10H18O2. The lowest BCUT2D eigenvalue weighted by molar-refractivity contribution is 0.00735. The Kier molecular flexibility index (Phi) is 4.85. The minimum atomic E-state index is 0.493. The molecule has 2 heteroatoms. The summed E-state index contributed by atoms with van der Waals surface area (Å²) in [4.78, 5) is 0. The number of hydrogen-bond acceptors (Lipinski definition) is 2. The molecule has 0 bridgehead atoms. The fourth-order valence-electron chi connectivity index (χ4n) is 1.51. The maximum atomic E-state index is 5.58. The average molecular weight is 170 g/mol. The van der Waals surface area contributed by atoms with Crippen molar-refractivity contribution in [3.63, 3.8) is 0 Å². The van der Waals surface area contributed by atoms with Gasteiger partial charge in [0.1, 0.15) is 0 Å². The first-order chi connectivity index (χ1) is 5.93. The van der Waals surface area contributed by atoms with E-state index in [9.17, 15) is 0 Å². The summed E-state index contributed by atoms with van der Waals surface area (Å²) in [5.74, 6) is 0. The summed E-state index contributed by atoms with van der Waals surface area (Å²) in [7, 11) is 0. The second kappa shape index (κ2) is 6.06. The molecule has 1 atom stereocenters. The van der Waals surface area contributed by atoms with E-state index < -0.39 is 0 Å². The van der Waals surface area contributed by atoms with Gasteiger partial charge in [0, 0.05) is 6.61 Å². The van der Waals surface area contributed by atoms with Crippen molar-refractivity contribution in [2.24, 2.45) is 0 Å². The van der Waals surface area contributed by atoms with E-state index in [0.717, 1.165) is 26.1 Å². The van der Waals surface area contributed by atoms with Gasteiger partial charge >= 0.3 is 0 Å². The predicted molar refractivity (Wildman–Crippen MR) is 49.0 cm³/mol. The first kappa shape index (κ1) is 9.59. The first-order valence-electron chi connectivity index (χ1n) is 4.77. The van der Waals surface area contributed by atoms with Gasteiger partial charge in [0.15, 0.2) is 0 Å². The van der Waals surface area contributed by atoms with Gasteiger partial charge in [-0.15, -0.1) is 0 Å². The highest BCUT2D eigenvalue weighted by Crippen LogP contribution is 2.16. The predicted octanol–water partition coefficient (Wildman–Crippen LogP) is 2.50. The van der Waals surface area contributed by atoms with E-state index >= 15 is 0 Å². The molecule has 0 aromatic rings. The molecule has 1 aliphatic heterocycles. The van der Waals surface area contributed by atoms with Gasteiger partial charge in [0.05, 0.1) is 19.0 Å². The van der Waals surface area contributed by atoms with Gasteiger partial charge in [-0.05, 0) is 32.1 Å². The molecule has 2 nitrogen and oxygen atoms in total. The summed E-state index contributed by atoms with van der Waals surface area (Å²) >= 11 is 0. The maximum Gasteiger partial charge on any atom is 0.0873 e. The van der Waals surface area contributed by atoms with E-state index in [1.807, 2.05) is 0 Å². The Balaban J connectivity index is 1.94. The van der Waals surface area contributed by atoms with Crippen LogP contribution in [0, 0.1) is 0 Å². The lowest BCUT2D eigenvalue weighted by atomic mass is 10.1. The van der Waals surface area contributed by atoms with Crippen LogP contribution in [0.15, 0.2) is 12.8 Å². The summed E-state index contributed by atoms with van der Waals surface area (Å²) in [5.41, 5.74) is 0. The second-order valence-corrected chi connectivity index (χ2v) is 3.17. The van der Waals surface area contributed by atoms with Crippen LogP contribution < -0.4 is 0 Å². The van der Waals surface area contributed by atoms with Gasteiger partial charge in [-0.1, -0.05) is 6.58 Å². The molecule has 0 saturated carbocycles. The molecule has 1 saturated heterocycles. The largest absolute Gasteiger partial charge is 0.502 e. The second-order valence-electron chi connectivity index (χ2n) is 3.17. The van der Waals surface area contributed by atoms with Crippen molar-refractivity contribution in [3.8, 4) is 0 Å². The Hall–Kier alpha value is -0.500. The van der Waals surface area contributed by atoms with E-state index in [-0.39, 0.29) is 0 Å². The van der Waals surface area contributed by atoms with E-state index in [4.69, 9.17) is 9.47 Å². The highest BCUT2D eigenvalue weighted by Gasteiger charge is 2.12. The molecule has 1 unspecified atom stereocenters. The van der Waals surface area contributed by atoms with Crippen LogP contribution in [-0.4, -0.2) is 19.3 Å². The molecule has 0 radical (unpaired) electrons. The summed E-state index contributed by atoms with van der Waals surface area (Å²) in [5, 5.41) is 0. The maximum absolute atomic E-state index is 5.58. The first-order valence-corrected chi connectivity index (χ1v) is 4.77. The van der Waals surface area contributed by atoms with Crippen LogP contribution in [0.1, 0.15) is 32.1 Å². The van der Waals surface area contributed by atoms with E-state index in [2.05, 4.69) is 6.58 Å². The van der Waals surface area contributed by atoms with Crippen molar-refractivity contribution < 1.29 is 9.47 Å². The number of hydrogen-bond donors (Lipinski definition) is 0. The Labute approximate surface area is 74.6 Å². The summed E-state index contributed by atoms with van der Waals surface area (Å²) in [6, 6.07) is 0. The third kappa shape index (κ3) is 3.77. The molecular weight excluding hydrogens is 152 g/mol. The third-order valence-corrected chi connectivity index (χ3v) is 2.18. The number of ether oxygens (including phenoxy) is 2. The van der Waals surface area contributed by atoms with Gasteiger partial charge in [0.2, 0.25) is 0 Å². The van der Waals surface area contributed by atoms with Gasteiger partial charge < -0.3 is 9.47 Å².